The molecule has 0 aliphatic carbocycles. The molecule has 0 aliphatic heterocycles. The molecular formula is C14H12ClNO3. The molecule has 0 saturated carbocycles. The quantitative estimate of drug-likeness (QED) is 0.893. The van der Waals surface area contributed by atoms with E-state index in [1.807, 2.05) is 0 Å². The largest absolute Gasteiger partial charge is 0.497 e. The zero-order valence-corrected chi connectivity index (χ0v) is 10.9. The molecule has 0 bridgehead atoms. The molecule has 0 amide bonds. The summed E-state index contributed by atoms with van der Waals surface area (Å²) in [7, 11) is 1.55. The van der Waals surface area contributed by atoms with E-state index < -0.39 is 5.97 Å². The van der Waals surface area contributed by atoms with Crippen molar-refractivity contribution in [2.24, 2.45) is 0 Å². The van der Waals surface area contributed by atoms with E-state index in [0.717, 1.165) is 0 Å². The van der Waals surface area contributed by atoms with Crippen molar-refractivity contribution in [2.75, 3.05) is 12.4 Å². The van der Waals surface area contributed by atoms with Crippen LogP contribution in [-0.2, 0) is 0 Å². The van der Waals surface area contributed by atoms with E-state index in [1.165, 1.54) is 6.07 Å². The second-order valence-corrected chi connectivity index (χ2v) is 4.23. The van der Waals surface area contributed by atoms with Crippen LogP contribution in [0.25, 0.3) is 0 Å². The molecule has 98 valence electrons. The topological polar surface area (TPSA) is 58.6 Å². The zero-order chi connectivity index (χ0) is 13.8. The van der Waals surface area contributed by atoms with Crippen LogP contribution in [0.15, 0.2) is 42.5 Å². The number of rotatable bonds is 4. The van der Waals surface area contributed by atoms with E-state index in [1.54, 1.807) is 43.5 Å². The Bertz CT molecular complexity index is 613. The lowest BCUT2D eigenvalue weighted by Crippen LogP contribution is -2.02. The first-order valence-electron chi connectivity index (χ1n) is 5.54. The summed E-state index contributed by atoms with van der Waals surface area (Å²) in [5.41, 5.74) is 1.25. The smallest absolute Gasteiger partial charge is 0.337 e. The van der Waals surface area contributed by atoms with Crippen molar-refractivity contribution >= 4 is 28.9 Å². The summed E-state index contributed by atoms with van der Waals surface area (Å²) in [4.78, 5) is 11.1. The number of carbonyl (C=O) groups is 1. The number of nitrogens with one attached hydrogen (secondary N) is 1. The molecular weight excluding hydrogens is 266 g/mol. The number of carboxylic acids is 1. The van der Waals surface area contributed by atoms with Crippen molar-refractivity contribution < 1.29 is 14.6 Å². The Morgan fingerprint density at radius 1 is 1.21 bits per heavy atom. The molecule has 2 rings (SSSR count). The number of aromatic carboxylic acids is 1. The molecule has 0 saturated heterocycles. The lowest BCUT2D eigenvalue weighted by molar-refractivity contribution is 0.0698. The van der Waals surface area contributed by atoms with Gasteiger partial charge in [-0.05, 0) is 24.3 Å². The molecule has 5 heteroatoms. The maximum Gasteiger partial charge on any atom is 0.337 e. The summed E-state index contributed by atoms with van der Waals surface area (Å²) in [5, 5.41) is 12.6. The third kappa shape index (κ3) is 2.98. The molecule has 2 N–H and O–H groups in total. The van der Waals surface area contributed by atoms with Crippen LogP contribution in [0.1, 0.15) is 10.4 Å². The summed E-state index contributed by atoms with van der Waals surface area (Å²) in [6, 6.07) is 11.8. The molecule has 0 aliphatic rings. The van der Waals surface area contributed by atoms with Crippen LogP contribution in [0.4, 0.5) is 11.4 Å². The third-order valence-electron chi connectivity index (χ3n) is 2.60. The summed E-state index contributed by atoms with van der Waals surface area (Å²) in [6.07, 6.45) is 0. The molecule has 4 nitrogen and oxygen atoms in total. The highest BCUT2D eigenvalue weighted by Gasteiger charge is 2.10. The van der Waals surface area contributed by atoms with Crippen LogP contribution in [0.3, 0.4) is 0 Å². The van der Waals surface area contributed by atoms with Crippen LogP contribution < -0.4 is 10.1 Å². The number of benzene rings is 2. The number of para-hydroxylation sites is 1. The van der Waals surface area contributed by atoms with E-state index in [0.29, 0.717) is 22.1 Å². The van der Waals surface area contributed by atoms with Gasteiger partial charge in [0.25, 0.3) is 0 Å². The van der Waals surface area contributed by atoms with E-state index in [-0.39, 0.29) is 5.56 Å². The molecule has 19 heavy (non-hydrogen) atoms. The minimum atomic E-state index is -0.998. The number of hydrogen-bond donors (Lipinski definition) is 2. The van der Waals surface area contributed by atoms with Crippen LogP contribution in [0, 0.1) is 0 Å². The van der Waals surface area contributed by atoms with Gasteiger partial charge in [0.05, 0.1) is 29.1 Å². The minimum Gasteiger partial charge on any atom is -0.497 e. The summed E-state index contributed by atoms with van der Waals surface area (Å²) in [6.45, 7) is 0. The SMILES string of the molecule is COc1ccc(Cl)c(Nc2ccccc2C(=O)O)c1. The standard InChI is InChI=1S/C14H12ClNO3/c1-19-9-6-7-11(15)13(8-9)16-12-5-3-2-4-10(12)14(17)18/h2-8,16H,1H3,(H,17,18). The molecule has 2 aromatic carbocycles. The number of methoxy groups -OCH3 is 1. The highest BCUT2D eigenvalue weighted by Crippen LogP contribution is 2.30. The van der Waals surface area contributed by atoms with Crippen molar-refractivity contribution in [3.8, 4) is 5.75 Å². The van der Waals surface area contributed by atoms with Gasteiger partial charge in [-0.25, -0.2) is 4.79 Å². The fourth-order valence-electron chi connectivity index (χ4n) is 1.65. The monoisotopic (exact) mass is 277 g/mol. The van der Waals surface area contributed by atoms with E-state index >= 15 is 0 Å². The van der Waals surface area contributed by atoms with Crippen LogP contribution in [0.2, 0.25) is 5.02 Å². The Morgan fingerprint density at radius 3 is 2.63 bits per heavy atom. The Balaban J connectivity index is 2.38. The molecule has 0 heterocycles. The van der Waals surface area contributed by atoms with Crippen molar-refractivity contribution in [1.29, 1.82) is 0 Å². The van der Waals surface area contributed by atoms with Crippen molar-refractivity contribution in [3.05, 3.63) is 53.1 Å². The van der Waals surface area contributed by atoms with Crippen LogP contribution >= 0.6 is 11.6 Å². The number of anilines is 2. The number of hydrogen-bond acceptors (Lipinski definition) is 3. The second-order valence-electron chi connectivity index (χ2n) is 3.82. The highest BCUT2D eigenvalue weighted by atomic mass is 35.5. The Labute approximate surface area is 115 Å². The molecule has 0 fully saturated rings. The van der Waals surface area contributed by atoms with Gasteiger partial charge in [0.15, 0.2) is 0 Å². The van der Waals surface area contributed by atoms with Gasteiger partial charge in [-0.2, -0.15) is 0 Å². The van der Waals surface area contributed by atoms with E-state index in [2.05, 4.69) is 5.32 Å². The maximum atomic E-state index is 11.1. The molecule has 0 aromatic heterocycles. The highest BCUT2D eigenvalue weighted by molar-refractivity contribution is 6.33. The van der Waals surface area contributed by atoms with Crippen LogP contribution in [0.5, 0.6) is 5.75 Å². The number of carboxylic acid groups (broad SMARTS) is 1. The molecule has 0 atom stereocenters. The lowest BCUT2D eigenvalue weighted by Gasteiger charge is -2.12. The zero-order valence-electron chi connectivity index (χ0n) is 10.2. The van der Waals surface area contributed by atoms with Gasteiger partial charge in [-0.3, -0.25) is 0 Å². The predicted octanol–water partition coefficient (Wildman–Crippen LogP) is 3.79. The van der Waals surface area contributed by atoms with E-state index in [4.69, 9.17) is 21.4 Å². The van der Waals surface area contributed by atoms with E-state index in [9.17, 15) is 4.79 Å². The Kier molecular flexibility index (Phi) is 3.92. The lowest BCUT2D eigenvalue weighted by atomic mass is 10.1. The van der Waals surface area contributed by atoms with Gasteiger partial charge in [-0.1, -0.05) is 23.7 Å². The predicted molar refractivity (Wildman–Crippen MR) is 74.7 cm³/mol. The fourth-order valence-corrected chi connectivity index (χ4v) is 1.82. The number of ether oxygens (including phenoxy) is 1. The molecule has 0 spiro atoms. The van der Waals surface area contributed by atoms with Gasteiger partial charge in [0.2, 0.25) is 0 Å². The van der Waals surface area contributed by atoms with Gasteiger partial charge in [-0.15, -0.1) is 0 Å². The Hall–Kier alpha value is -2.20. The van der Waals surface area contributed by atoms with Gasteiger partial charge < -0.3 is 15.2 Å². The summed E-state index contributed by atoms with van der Waals surface area (Å²) >= 11 is 6.07. The minimum absolute atomic E-state index is 0.182. The maximum absolute atomic E-state index is 11.1. The summed E-state index contributed by atoms with van der Waals surface area (Å²) in [5.74, 6) is -0.359. The third-order valence-corrected chi connectivity index (χ3v) is 2.93. The van der Waals surface area contributed by atoms with Crippen molar-refractivity contribution in [3.63, 3.8) is 0 Å². The van der Waals surface area contributed by atoms with Crippen molar-refractivity contribution in [2.45, 2.75) is 0 Å². The fraction of sp³-hybridized carbons (Fsp3) is 0.0714. The molecule has 0 unspecified atom stereocenters. The van der Waals surface area contributed by atoms with Gasteiger partial charge in [0, 0.05) is 6.07 Å². The molecule has 2 aromatic rings. The first-order chi connectivity index (χ1) is 9.11. The van der Waals surface area contributed by atoms with Crippen LogP contribution in [-0.4, -0.2) is 18.2 Å². The average molecular weight is 278 g/mol. The summed E-state index contributed by atoms with van der Waals surface area (Å²) < 4.78 is 5.11. The van der Waals surface area contributed by atoms with Crippen molar-refractivity contribution in [1.82, 2.24) is 0 Å². The van der Waals surface area contributed by atoms with Gasteiger partial charge in [0.1, 0.15) is 5.75 Å². The second kappa shape index (κ2) is 5.63. The Morgan fingerprint density at radius 2 is 1.95 bits per heavy atom. The first kappa shape index (κ1) is 13.2. The normalized spacial score (nSPS) is 10.0. The van der Waals surface area contributed by atoms with Gasteiger partial charge >= 0.3 is 5.97 Å². The average Bonchev–Trinajstić information content (AvgIpc) is 2.41. The number of halogens is 1. The first-order valence-corrected chi connectivity index (χ1v) is 5.92. The molecule has 0 radical (unpaired) electrons.